The van der Waals surface area contributed by atoms with Crippen LogP contribution in [0.25, 0.3) is 0 Å². The Labute approximate surface area is 123 Å². The van der Waals surface area contributed by atoms with Gasteiger partial charge in [-0.05, 0) is 18.8 Å². The van der Waals surface area contributed by atoms with Crippen LogP contribution in [0.1, 0.15) is 78.6 Å². The third-order valence-corrected chi connectivity index (χ3v) is 3.71. The van der Waals surface area contributed by atoms with Gasteiger partial charge in [0.2, 0.25) is 11.8 Å². The second-order valence-corrected chi connectivity index (χ2v) is 5.77. The molecule has 118 valence electrons. The van der Waals surface area contributed by atoms with Crippen molar-refractivity contribution in [2.45, 2.75) is 84.6 Å². The van der Waals surface area contributed by atoms with Gasteiger partial charge in [-0.15, -0.1) is 0 Å². The maximum Gasteiger partial charge on any atom is 0.220 e. The van der Waals surface area contributed by atoms with Crippen molar-refractivity contribution in [1.29, 1.82) is 0 Å². The number of unbranched alkanes of at least 4 members (excludes halogenated alkanes) is 4. The van der Waals surface area contributed by atoms with E-state index in [1.807, 2.05) is 0 Å². The summed E-state index contributed by atoms with van der Waals surface area (Å²) in [6.07, 6.45) is 8.50. The first kappa shape index (κ1) is 18.9. The molecule has 2 atom stereocenters. The zero-order chi connectivity index (χ0) is 15.4. The molecule has 0 aromatic carbocycles. The van der Waals surface area contributed by atoms with Crippen LogP contribution in [0.3, 0.4) is 0 Å². The molecule has 0 aliphatic rings. The van der Waals surface area contributed by atoms with E-state index in [0.717, 1.165) is 25.7 Å². The lowest BCUT2D eigenvalue weighted by molar-refractivity contribution is -0.123. The van der Waals surface area contributed by atoms with E-state index in [4.69, 9.17) is 5.73 Å². The molecule has 20 heavy (non-hydrogen) atoms. The number of carbonyl (C=O) groups excluding carboxylic acids is 2. The molecular formula is C16H32N2O2. The van der Waals surface area contributed by atoms with Crippen molar-refractivity contribution in [3.8, 4) is 0 Å². The normalized spacial score (nSPS) is 13.8. The SMILES string of the molecule is CCCCCCCC(=O)N[C@H](CC(N)=O)C(C)CCC. The number of hydrogen-bond donors (Lipinski definition) is 2. The fourth-order valence-corrected chi connectivity index (χ4v) is 2.44. The van der Waals surface area contributed by atoms with Crippen molar-refractivity contribution < 1.29 is 9.59 Å². The molecule has 0 bridgehead atoms. The van der Waals surface area contributed by atoms with E-state index < -0.39 is 0 Å². The average molecular weight is 284 g/mol. The van der Waals surface area contributed by atoms with Crippen molar-refractivity contribution in [3.63, 3.8) is 0 Å². The molecule has 0 saturated carbocycles. The predicted octanol–water partition coefficient (Wildman–Crippen LogP) is 3.14. The van der Waals surface area contributed by atoms with Crippen LogP contribution in [-0.4, -0.2) is 17.9 Å². The highest BCUT2D eigenvalue weighted by molar-refractivity contribution is 5.78. The van der Waals surface area contributed by atoms with Crippen molar-refractivity contribution in [2.75, 3.05) is 0 Å². The van der Waals surface area contributed by atoms with E-state index in [1.54, 1.807) is 0 Å². The molecule has 0 fully saturated rings. The zero-order valence-electron chi connectivity index (χ0n) is 13.4. The van der Waals surface area contributed by atoms with Crippen LogP contribution in [0, 0.1) is 5.92 Å². The van der Waals surface area contributed by atoms with Gasteiger partial charge in [-0.1, -0.05) is 52.9 Å². The highest BCUT2D eigenvalue weighted by atomic mass is 16.2. The molecular weight excluding hydrogens is 252 g/mol. The third kappa shape index (κ3) is 9.82. The van der Waals surface area contributed by atoms with E-state index in [-0.39, 0.29) is 30.2 Å². The lowest BCUT2D eigenvalue weighted by Crippen LogP contribution is -2.42. The topological polar surface area (TPSA) is 72.2 Å². The minimum absolute atomic E-state index is 0.0516. The maximum atomic E-state index is 11.9. The molecule has 0 aromatic heterocycles. The van der Waals surface area contributed by atoms with Gasteiger partial charge >= 0.3 is 0 Å². The summed E-state index contributed by atoms with van der Waals surface area (Å²) in [7, 11) is 0. The summed E-state index contributed by atoms with van der Waals surface area (Å²) >= 11 is 0. The molecule has 0 aliphatic heterocycles. The Morgan fingerprint density at radius 1 is 1.05 bits per heavy atom. The summed E-state index contributed by atoms with van der Waals surface area (Å²) in [4.78, 5) is 23.0. The van der Waals surface area contributed by atoms with Gasteiger partial charge in [0.15, 0.2) is 0 Å². The Balaban J connectivity index is 4.07. The van der Waals surface area contributed by atoms with Gasteiger partial charge in [-0.25, -0.2) is 0 Å². The standard InChI is InChI=1S/C16H32N2O2/c1-4-6-7-8-9-11-16(20)18-14(12-15(17)19)13(3)10-5-2/h13-14H,4-12H2,1-3H3,(H2,17,19)(H,18,20)/t13?,14-/m1/s1. The minimum atomic E-state index is -0.346. The van der Waals surface area contributed by atoms with E-state index in [1.165, 1.54) is 19.3 Å². The first-order chi connectivity index (χ1) is 9.51. The summed E-state index contributed by atoms with van der Waals surface area (Å²) in [6, 6.07) is -0.115. The van der Waals surface area contributed by atoms with Crippen LogP contribution in [0.2, 0.25) is 0 Å². The van der Waals surface area contributed by atoms with Crippen molar-refractivity contribution in [3.05, 3.63) is 0 Å². The molecule has 3 N–H and O–H groups in total. The lowest BCUT2D eigenvalue weighted by atomic mass is 9.94. The number of amides is 2. The molecule has 1 unspecified atom stereocenters. The first-order valence-electron chi connectivity index (χ1n) is 8.08. The van der Waals surface area contributed by atoms with E-state index >= 15 is 0 Å². The average Bonchev–Trinajstić information content (AvgIpc) is 2.37. The number of nitrogens with two attached hydrogens (primary N) is 1. The molecule has 0 rings (SSSR count). The molecule has 4 heteroatoms. The Kier molecular flexibility index (Phi) is 11.1. The molecule has 0 spiro atoms. The molecule has 0 aliphatic carbocycles. The lowest BCUT2D eigenvalue weighted by Gasteiger charge is -2.24. The summed E-state index contributed by atoms with van der Waals surface area (Å²) in [6.45, 7) is 6.35. The first-order valence-corrected chi connectivity index (χ1v) is 8.08. The van der Waals surface area contributed by atoms with Gasteiger partial charge in [-0.3, -0.25) is 9.59 Å². The second kappa shape index (κ2) is 11.7. The smallest absolute Gasteiger partial charge is 0.220 e. The summed E-state index contributed by atoms with van der Waals surface area (Å²) < 4.78 is 0. The van der Waals surface area contributed by atoms with E-state index in [2.05, 4.69) is 26.1 Å². The Hall–Kier alpha value is -1.06. The minimum Gasteiger partial charge on any atom is -0.370 e. The number of carbonyl (C=O) groups is 2. The van der Waals surface area contributed by atoms with Crippen LogP contribution in [0.15, 0.2) is 0 Å². The van der Waals surface area contributed by atoms with Gasteiger partial charge in [0.05, 0.1) is 0 Å². The zero-order valence-corrected chi connectivity index (χ0v) is 13.4. The van der Waals surface area contributed by atoms with E-state index in [0.29, 0.717) is 6.42 Å². The Morgan fingerprint density at radius 2 is 1.70 bits per heavy atom. The van der Waals surface area contributed by atoms with Gasteiger partial charge in [-0.2, -0.15) is 0 Å². The summed E-state index contributed by atoms with van der Waals surface area (Å²) in [5, 5.41) is 2.98. The fraction of sp³-hybridized carbons (Fsp3) is 0.875. The van der Waals surface area contributed by atoms with Crippen molar-refractivity contribution >= 4 is 11.8 Å². The number of hydrogen-bond acceptors (Lipinski definition) is 2. The van der Waals surface area contributed by atoms with E-state index in [9.17, 15) is 9.59 Å². The van der Waals surface area contributed by atoms with Gasteiger partial charge in [0, 0.05) is 18.9 Å². The molecule has 0 heterocycles. The highest BCUT2D eigenvalue weighted by Gasteiger charge is 2.20. The maximum absolute atomic E-state index is 11.9. The molecule has 0 radical (unpaired) electrons. The quantitative estimate of drug-likeness (QED) is 0.540. The van der Waals surface area contributed by atoms with Gasteiger partial charge in [0.1, 0.15) is 0 Å². The van der Waals surface area contributed by atoms with Crippen LogP contribution >= 0.6 is 0 Å². The van der Waals surface area contributed by atoms with Crippen LogP contribution in [0.5, 0.6) is 0 Å². The third-order valence-electron chi connectivity index (χ3n) is 3.71. The number of nitrogens with one attached hydrogen (secondary N) is 1. The predicted molar refractivity (Wildman–Crippen MR) is 83.2 cm³/mol. The Bertz CT molecular complexity index is 280. The Morgan fingerprint density at radius 3 is 2.25 bits per heavy atom. The van der Waals surface area contributed by atoms with Crippen LogP contribution < -0.4 is 11.1 Å². The molecule has 0 aromatic rings. The van der Waals surface area contributed by atoms with Crippen molar-refractivity contribution in [1.82, 2.24) is 5.32 Å². The number of primary amides is 1. The molecule has 0 saturated heterocycles. The molecule has 4 nitrogen and oxygen atoms in total. The summed E-state index contributed by atoms with van der Waals surface area (Å²) in [5.41, 5.74) is 5.27. The number of rotatable bonds is 12. The van der Waals surface area contributed by atoms with Gasteiger partial charge in [0.25, 0.3) is 0 Å². The molecule has 2 amide bonds. The fourth-order valence-electron chi connectivity index (χ4n) is 2.44. The highest BCUT2D eigenvalue weighted by Crippen LogP contribution is 2.14. The summed E-state index contributed by atoms with van der Waals surface area (Å²) in [5.74, 6) is -0.00607. The van der Waals surface area contributed by atoms with Crippen LogP contribution in [-0.2, 0) is 9.59 Å². The second-order valence-electron chi connectivity index (χ2n) is 5.77. The van der Waals surface area contributed by atoms with Crippen molar-refractivity contribution in [2.24, 2.45) is 11.7 Å². The van der Waals surface area contributed by atoms with Crippen LogP contribution in [0.4, 0.5) is 0 Å². The van der Waals surface area contributed by atoms with Gasteiger partial charge < -0.3 is 11.1 Å². The largest absolute Gasteiger partial charge is 0.370 e. The monoisotopic (exact) mass is 284 g/mol.